The number of rotatable bonds is 20. The van der Waals surface area contributed by atoms with Crippen molar-refractivity contribution >= 4 is 11.9 Å². The number of unbranched alkanes of at least 4 members (excludes halogenated alkanes) is 12. The Kier molecular flexibility index (Phi) is 17.4. The van der Waals surface area contributed by atoms with Gasteiger partial charge in [-0.1, -0.05) is 121 Å². The summed E-state index contributed by atoms with van der Waals surface area (Å²) in [4.78, 5) is 25.3. The van der Waals surface area contributed by atoms with E-state index in [1.54, 1.807) is 0 Å². The van der Waals surface area contributed by atoms with E-state index in [0.29, 0.717) is 13.2 Å². The molecule has 0 aliphatic rings. The van der Waals surface area contributed by atoms with Crippen molar-refractivity contribution < 1.29 is 19.1 Å². The highest BCUT2D eigenvalue weighted by molar-refractivity contribution is 5.84. The minimum atomic E-state index is -0.600. The van der Waals surface area contributed by atoms with Crippen LogP contribution in [0.2, 0.25) is 0 Å². The quantitative estimate of drug-likeness (QED) is 0.146. The SMILES string of the molecule is CCCCCCCCCOC(=O)CC(C(=O)OCCCCCCCCC)c1ccc(C)cc1. The van der Waals surface area contributed by atoms with Crippen molar-refractivity contribution in [3.8, 4) is 0 Å². The van der Waals surface area contributed by atoms with Gasteiger partial charge in [0.1, 0.15) is 0 Å². The van der Waals surface area contributed by atoms with Gasteiger partial charge in [-0.25, -0.2) is 0 Å². The average Bonchev–Trinajstić information content (AvgIpc) is 2.81. The van der Waals surface area contributed by atoms with Crippen LogP contribution in [0.5, 0.6) is 0 Å². The zero-order chi connectivity index (χ0) is 24.2. The van der Waals surface area contributed by atoms with Crippen molar-refractivity contribution in [3.63, 3.8) is 0 Å². The van der Waals surface area contributed by atoms with E-state index in [-0.39, 0.29) is 18.4 Å². The minimum absolute atomic E-state index is 0.0371. The monoisotopic (exact) mass is 460 g/mol. The van der Waals surface area contributed by atoms with E-state index in [2.05, 4.69) is 13.8 Å². The van der Waals surface area contributed by atoms with Crippen molar-refractivity contribution in [2.75, 3.05) is 13.2 Å². The molecule has 0 radical (unpaired) electrons. The van der Waals surface area contributed by atoms with Crippen LogP contribution in [0.15, 0.2) is 24.3 Å². The van der Waals surface area contributed by atoms with Crippen molar-refractivity contribution in [2.24, 2.45) is 0 Å². The van der Waals surface area contributed by atoms with Crippen LogP contribution in [0.4, 0.5) is 0 Å². The summed E-state index contributed by atoms with van der Waals surface area (Å²) in [5.41, 5.74) is 1.94. The molecule has 0 fully saturated rings. The first-order valence-corrected chi connectivity index (χ1v) is 13.5. The highest BCUT2D eigenvalue weighted by Crippen LogP contribution is 2.23. The Balaban J connectivity index is 2.40. The summed E-state index contributed by atoms with van der Waals surface area (Å²) in [7, 11) is 0. The Labute approximate surface area is 202 Å². The number of benzene rings is 1. The molecule has 0 aliphatic heterocycles. The molecule has 1 atom stereocenters. The molecule has 1 rings (SSSR count). The highest BCUT2D eigenvalue weighted by atomic mass is 16.5. The fraction of sp³-hybridized carbons (Fsp3) is 0.724. The van der Waals surface area contributed by atoms with Gasteiger partial charge >= 0.3 is 11.9 Å². The fourth-order valence-corrected chi connectivity index (χ4v) is 3.94. The zero-order valence-corrected chi connectivity index (χ0v) is 21.5. The van der Waals surface area contributed by atoms with Crippen LogP contribution >= 0.6 is 0 Å². The molecule has 0 aromatic heterocycles. The van der Waals surface area contributed by atoms with Crippen LogP contribution in [0, 0.1) is 6.92 Å². The first-order chi connectivity index (χ1) is 16.1. The second kappa shape index (κ2) is 19.6. The smallest absolute Gasteiger partial charge is 0.314 e. The number of hydrogen-bond donors (Lipinski definition) is 0. The lowest BCUT2D eigenvalue weighted by Gasteiger charge is -2.16. The van der Waals surface area contributed by atoms with E-state index in [9.17, 15) is 9.59 Å². The molecular weight excluding hydrogens is 412 g/mol. The number of aryl methyl sites for hydroxylation is 1. The molecule has 4 nitrogen and oxygen atoms in total. The molecule has 0 saturated heterocycles. The maximum Gasteiger partial charge on any atom is 0.314 e. The molecule has 1 unspecified atom stereocenters. The van der Waals surface area contributed by atoms with Gasteiger partial charge in [0.25, 0.3) is 0 Å². The number of esters is 2. The minimum Gasteiger partial charge on any atom is -0.466 e. The van der Waals surface area contributed by atoms with Crippen molar-refractivity contribution in [1.82, 2.24) is 0 Å². The number of carbonyl (C=O) groups is 2. The Hall–Kier alpha value is -1.84. The summed E-state index contributed by atoms with van der Waals surface area (Å²) >= 11 is 0. The zero-order valence-electron chi connectivity index (χ0n) is 21.5. The summed E-state index contributed by atoms with van der Waals surface area (Å²) in [6, 6.07) is 7.77. The number of carbonyl (C=O) groups excluding carboxylic acids is 2. The van der Waals surface area contributed by atoms with E-state index in [0.717, 1.165) is 36.8 Å². The molecule has 188 valence electrons. The van der Waals surface area contributed by atoms with Crippen LogP contribution in [-0.2, 0) is 19.1 Å². The van der Waals surface area contributed by atoms with Crippen LogP contribution in [0.25, 0.3) is 0 Å². The molecule has 1 aromatic carbocycles. The molecule has 0 saturated carbocycles. The fourth-order valence-electron chi connectivity index (χ4n) is 3.94. The maximum absolute atomic E-state index is 12.8. The summed E-state index contributed by atoms with van der Waals surface area (Å²) in [5.74, 6) is -1.24. The number of hydrogen-bond acceptors (Lipinski definition) is 4. The van der Waals surface area contributed by atoms with Crippen LogP contribution < -0.4 is 0 Å². The van der Waals surface area contributed by atoms with Crippen LogP contribution in [0.3, 0.4) is 0 Å². The highest BCUT2D eigenvalue weighted by Gasteiger charge is 2.26. The van der Waals surface area contributed by atoms with Gasteiger partial charge in [0.2, 0.25) is 0 Å². The molecule has 0 amide bonds. The Bertz CT molecular complexity index is 623. The Morgan fingerprint density at radius 2 is 1.12 bits per heavy atom. The summed E-state index contributed by atoms with van der Waals surface area (Å²) in [6.45, 7) is 7.29. The van der Waals surface area contributed by atoms with Gasteiger partial charge in [0.05, 0.1) is 25.6 Å². The van der Waals surface area contributed by atoms with Gasteiger partial charge in [-0.15, -0.1) is 0 Å². The predicted octanol–water partition coefficient (Wildman–Crippen LogP) is 8.06. The molecule has 0 bridgehead atoms. The summed E-state index contributed by atoms with van der Waals surface area (Å²) < 4.78 is 11.0. The summed E-state index contributed by atoms with van der Waals surface area (Å²) in [5, 5.41) is 0. The Morgan fingerprint density at radius 3 is 1.64 bits per heavy atom. The van der Waals surface area contributed by atoms with E-state index < -0.39 is 5.92 Å². The van der Waals surface area contributed by atoms with Gasteiger partial charge in [-0.05, 0) is 25.3 Å². The topological polar surface area (TPSA) is 52.6 Å². The third kappa shape index (κ3) is 14.8. The van der Waals surface area contributed by atoms with Crippen molar-refractivity contribution in [2.45, 2.75) is 123 Å². The molecule has 0 N–H and O–H groups in total. The van der Waals surface area contributed by atoms with Gasteiger partial charge in [-0.2, -0.15) is 0 Å². The second-order valence-corrected chi connectivity index (χ2v) is 9.30. The molecule has 33 heavy (non-hydrogen) atoms. The van der Waals surface area contributed by atoms with Crippen molar-refractivity contribution in [3.05, 3.63) is 35.4 Å². The number of ether oxygens (including phenoxy) is 2. The molecular formula is C29H48O4. The van der Waals surface area contributed by atoms with E-state index in [1.807, 2.05) is 31.2 Å². The predicted molar refractivity (Wildman–Crippen MR) is 136 cm³/mol. The second-order valence-electron chi connectivity index (χ2n) is 9.30. The lowest BCUT2D eigenvalue weighted by atomic mass is 9.95. The molecule has 0 spiro atoms. The largest absolute Gasteiger partial charge is 0.466 e. The standard InChI is InChI=1S/C29H48O4/c1-4-6-8-10-12-14-16-22-32-28(30)24-27(26-20-18-25(3)19-21-26)29(31)33-23-17-15-13-11-9-7-5-2/h18-21,27H,4-17,22-24H2,1-3H3. The summed E-state index contributed by atoms with van der Waals surface area (Å²) in [6.07, 6.45) is 16.5. The third-order valence-corrected chi connectivity index (χ3v) is 6.14. The average molecular weight is 461 g/mol. The molecule has 1 aromatic rings. The van der Waals surface area contributed by atoms with Crippen molar-refractivity contribution in [1.29, 1.82) is 0 Å². The molecule has 0 heterocycles. The van der Waals surface area contributed by atoms with Gasteiger partial charge < -0.3 is 9.47 Å². The van der Waals surface area contributed by atoms with Gasteiger partial charge in [0.15, 0.2) is 0 Å². The normalized spacial score (nSPS) is 11.8. The first kappa shape index (κ1) is 29.2. The van der Waals surface area contributed by atoms with E-state index in [4.69, 9.17) is 9.47 Å². The Morgan fingerprint density at radius 1 is 0.667 bits per heavy atom. The molecule has 0 aliphatic carbocycles. The van der Waals surface area contributed by atoms with E-state index in [1.165, 1.54) is 64.2 Å². The van der Waals surface area contributed by atoms with E-state index >= 15 is 0 Å². The van der Waals surface area contributed by atoms with Crippen LogP contribution in [-0.4, -0.2) is 25.2 Å². The third-order valence-electron chi connectivity index (χ3n) is 6.14. The molecule has 4 heteroatoms. The van der Waals surface area contributed by atoms with Gasteiger partial charge in [0, 0.05) is 0 Å². The van der Waals surface area contributed by atoms with Crippen LogP contribution in [0.1, 0.15) is 127 Å². The lowest BCUT2D eigenvalue weighted by Crippen LogP contribution is -2.21. The lowest BCUT2D eigenvalue weighted by molar-refractivity contribution is -0.152. The van der Waals surface area contributed by atoms with Gasteiger partial charge in [-0.3, -0.25) is 9.59 Å². The first-order valence-electron chi connectivity index (χ1n) is 13.5. The maximum atomic E-state index is 12.8.